The molecule has 8 heteroatoms. The number of aliphatic carboxylic acids is 1. The predicted octanol–water partition coefficient (Wildman–Crippen LogP) is -0.698. The Hall–Kier alpha value is -1.83. The van der Waals surface area contributed by atoms with Crippen LogP contribution in [0.5, 0.6) is 0 Å². The van der Waals surface area contributed by atoms with Gasteiger partial charge in [-0.1, -0.05) is 13.3 Å². The van der Waals surface area contributed by atoms with Crippen molar-refractivity contribution >= 4 is 17.9 Å². The van der Waals surface area contributed by atoms with E-state index in [-0.39, 0.29) is 12.6 Å². The van der Waals surface area contributed by atoms with Gasteiger partial charge in [0.25, 0.3) is 0 Å². The van der Waals surface area contributed by atoms with Gasteiger partial charge in [0.1, 0.15) is 6.54 Å². The second kappa shape index (κ2) is 10.1. The Kier molecular flexibility index (Phi) is 9.15. The molecule has 0 aromatic carbocycles. The van der Waals surface area contributed by atoms with Crippen molar-refractivity contribution in [2.24, 2.45) is 0 Å². The van der Waals surface area contributed by atoms with Crippen LogP contribution in [0.2, 0.25) is 0 Å². The molecular weight excluding hydrogens is 254 g/mol. The van der Waals surface area contributed by atoms with Crippen LogP contribution in [-0.4, -0.2) is 55.9 Å². The molecule has 0 rings (SSSR count). The first-order valence-electron chi connectivity index (χ1n) is 6.01. The molecule has 1 atom stereocenters. The van der Waals surface area contributed by atoms with Crippen LogP contribution in [0.15, 0.2) is 0 Å². The van der Waals surface area contributed by atoms with Gasteiger partial charge in [0.15, 0.2) is 0 Å². The summed E-state index contributed by atoms with van der Waals surface area (Å²) in [6, 6.07) is -0.599. The van der Waals surface area contributed by atoms with E-state index in [0.717, 1.165) is 12.8 Å². The van der Waals surface area contributed by atoms with E-state index in [2.05, 4.69) is 16.0 Å². The Morgan fingerprint density at radius 1 is 1.21 bits per heavy atom. The molecule has 0 bridgehead atoms. The van der Waals surface area contributed by atoms with Gasteiger partial charge in [0.05, 0.1) is 19.2 Å². The molecule has 0 aliphatic heterocycles. The van der Waals surface area contributed by atoms with Crippen molar-refractivity contribution in [3.63, 3.8) is 0 Å². The summed E-state index contributed by atoms with van der Waals surface area (Å²) in [5.41, 5.74) is 0. The Labute approximate surface area is 111 Å². The van der Waals surface area contributed by atoms with Crippen LogP contribution in [0, 0.1) is 0 Å². The Morgan fingerprint density at radius 3 is 2.42 bits per heavy atom. The Morgan fingerprint density at radius 2 is 1.89 bits per heavy atom. The fraction of sp³-hybridized carbons (Fsp3) is 0.727. The summed E-state index contributed by atoms with van der Waals surface area (Å²) < 4.78 is 4.96. The lowest BCUT2D eigenvalue weighted by atomic mass is 10.2. The fourth-order valence-electron chi connectivity index (χ4n) is 1.38. The van der Waals surface area contributed by atoms with E-state index in [1.165, 1.54) is 0 Å². The molecule has 3 amide bonds. The van der Waals surface area contributed by atoms with Crippen molar-refractivity contribution in [2.45, 2.75) is 25.8 Å². The topological polar surface area (TPSA) is 117 Å². The van der Waals surface area contributed by atoms with Crippen molar-refractivity contribution in [1.82, 2.24) is 16.0 Å². The molecule has 0 spiro atoms. The summed E-state index contributed by atoms with van der Waals surface area (Å²) in [6.45, 7) is 1.64. The number of nitrogens with one attached hydrogen (secondary N) is 3. The zero-order valence-corrected chi connectivity index (χ0v) is 11.2. The number of rotatable bonds is 9. The maximum atomic E-state index is 11.5. The Balaban J connectivity index is 3.89. The molecule has 4 N–H and O–H groups in total. The largest absolute Gasteiger partial charge is 0.480 e. The number of urea groups is 1. The highest BCUT2D eigenvalue weighted by Crippen LogP contribution is 1.96. The number of carbonyl (C=O) groups excluding carboxylic acids is 2. The third-order valence-electron chi connectivity index (χ3n) is 2.19. The normalized spacial score (nSPS) is 11.5. The number of carbonyl (C=O) groups is 3. The van der Waals surface area contributed by atoms with E-state index in [9.17, 15) is 14.4 Å². The number of methoxy groups -OCH3 is 1. The van der Waals surface area contributed by atoms with Gasteiger partial charge in [-0.25, -0.2) is 4.79 Å². The SMILES string of the molecule is CCCC(COC)NC(=O)NCC(=O)NCC(=O)O. The van der Waals surface area contributed by atoms with Crippen molar-refractivity contribution in [3.05, 3.63) is 0 Å². The van der Waals surface area contributed by atoms with E-state index in [1.54, 1.807) is 7.11 Å². The van der Waals surface area contributed by atoms with Gasteiger partial charge in [-0.3, -0.25) is 9.59 Å². The summed E-state index contributed by atoms with van der Waals surface area (Å²) in [7, 11) is 1.54. The Bertz CT molecular complexity index is 303. The second-order valence-corrected chi connectivity index (χ2v) is 3.94. The number of carboxylic acids is 1. The molecule has 1 unspecified atom stereocenters. The number of hydrogen-bond acceptors (Lipinski definition) is 4. The van der Waals surface area contributed by atoms with Gasteiger partial charge in [0.2, 0.25) is 5.91 Å². The minimum absolute atomic E-state index is 0.114. The van der Waals surface area contributed by atoms with Crippen molar-refractivity contribution < 1.29 is 24.2 Å². The van der Waals surface area contributed by atoms with Gasteiger partial charge in [0, 0.05) is 7.11 Å². The van der Waals surface area contributed by atoms with Crippen molar-refractivity contribution in [2.75, 3.05) is 26.8 Å². The van der Waals surface area contributed by atoms with Crippen LogP contribution in [0.4, 0.5) is 4.79 Å². The molecule has 110 valence electrons. The quantitative estimate of drug-likeness (QED) is 0.444. The van der Waals surface area contributed by atoms with Crippen LogP contribution in [0.1, 0.15) is 19.8 Å². The van der Waals surface area contributed by atoms with Crippen LogP contribution >= 0.6 is 0 Å². The first kappa shape index (κ1) is 17.2. The van der Waals surface area contributed by atoms with Crippen LogP contribution < -0.4 is 16.0 Å². The molecule has 8 nitrogen and oxygen atoms in total. The van der Waals surface area contributed by atoms with Gasteiger partial charge >= 0.3 is 12.0 Å². The zero-order valence-electron chi connectivity index (χ0n) is 11.2. The monoisotopic (exact) mass is 275 g/mol. The third kappa shape index (κ3) is 9.83. The van der Waals surface area contributed by atoms with Gasteiger partial charge < -0.3 is 25.8 Å². The first-order valence-corrected chi connectivity index (χ1v) is 6.01. The number of carboxylic acid groups (broad SMARTS) is 1. The lowest BCUT2D eigenvalue weighted by Crippen LogP contribution is -2.47. The van der Waals surface area contributed by atoms with Crippen molar-refractivity contribution in [3.8, 4) is 0 Å². The molecule has 0 aromatic rings. The molecule has 19 heavy (non-hydrogen) atoms. The van der Waals surface area contributed by atoms with E-state index >= 15 is 0 Å². The average Bonchev–Trinajstić information content (AvgIpc) is 2.34. The predicted molar refractivity (Wildman–Crippen MR) is 67.8 cm³/mol. The third-order valence-corrected chi connectivity index (χ3v) is 2.19. The molecule has 0 saturated carbocycles. The van der Waals surface area contributed by atoms with E-state index < -0.39 is 24.5 Å². The number of amides is 3. The second-order valence-electron chi connectivity index (χ2n) is 3.94. The molecule has 0 saturated heterocycles. The molecule has 0 aliphatic rings. The molecule has 0 aromatic heterocycles. The summed E-state index contributed by atoms with van der Waals surface area (Å²) in [5, 5.41) is 15.5. The highest BCUT2D eigenvalue weighted by molar-refractivity contribution is 5.86. The van der Waals surface area contributed by atoms with Gasteiger partial charge in [-0.2, -0.15) is 0 Å². The maximum Gasteiger partial charge on any atom is 0.322 e. The van der Waals surface area contributed by atoms with Crippen molar-refractivity contribution in [1.29, 1.82) is 0 Å². The van der Waals surface area contributed by atoms with Crippen LogP contribution in [0.25, 0.3) is 0 Å². The summed E-state index contributed by atoms with van der Waals surface area (Å²) in [6.07, 6.45) is 1.67. The minimum atomic E-state index is -1.14. The maximum absolute atomic E-state index is 11.5. The van der Waals surface area contributed by atoms with Crippen LogP contribution in [-0.2, 0) is 14.3 Å². The van der Waals surface area contributed by atoms with Gasteiger partial charge in [-0.05, 0) is 6.42 Å². The summed E-state index contributed by atoms with van der Waals surface area (Å²) in [5.74, 6) is -1.70. The van der Waals surface area contributed by atoms with E-state index in [0.29, 0.717) is 6.61 Å². The minimum Gasteiger partial charge on any atom is -0.480 e. The lowest BCUT2D eigenvalue weighted by molar-refractivity contribution is -0.137. The zero-order chi connectivity index (χ0) is 14.7. The molecule has 0 radical (unpaired) electrons. The van der Waals surface area contributed by atoms with Crippen LogP contribution in [0.3, 0.4) is 0 Å². The lowest BCUT2D eigenvalue weighted by Gasteiger charge is -2.17. The molecular formula is C11H21N3O5. The van der Waals surface area contributed by atoms with E-state index in [4.69, 9.17) is 9.84 Å². The summed E-state index contributed by atoms with van der Waals surface area (Å²) >= 11 is 0. The highest BCUT2D eigenvalue weighted by atomic mass is 16.5. The standard InChI is InChI=1S/C11H21N3O5/c1-3-4-8(7-19-2)14-11(18)13-5-9(15)12-6-10(16)17/h8H,3-7H2,1-2H3,(H,12,15)(H,16,17)(H2,13,14,18). The fourth-order valence-corrected chi connectivity index (χ4v) is 1.38. The number of ether oxygens (including phenoxy) is 1. The van der Waals surface area contributed by atoms with E-state index in [1.807, 2.05) is 6.92 Å². The summed E-state index contributed by atoms with van der Waals surface area (Å²) in [4.78, 5) is 32.8. The molecule has 0 heterocycles. The van der Waals surface area contributed by atoms with Gasteiger partial charge in [-0.15, -0.1) is 0 Å². The molecule has 0 aliphatic carbocycles. The first-order chi connectivity index (χ1) is 8.99. The molecule has 0 fully saturated rings. The number of hydrogen-bond donors (Lipinski definition) is 4. The average molecular weight is 275 g/mol. The smallest absolute Gasteiger partial charge is 0.322 e. The highest BCUT2D eigenvalue weighted by Gasteiger charge is 2.12.